The lowest BCUT2D eigenvalue weighted by molar-refractivity contribution is -0.139. The van der Waals surface area contributed by atoms with E-state index in [4.69, 9.17) is 9.47 Å². The molecule has 2 amide bonds. The second-order valence-corrected chi connectivity index (χ2v) is 6.79. The maximum atomic E-state index is 12.5. The Morgan fingerprint density at radius 1 is 1.14 bits per heavy atom. The molecule has 1 aliphatic rings. The number of nitrogens with zero attached hydrogens (tertiary/aromatic N) is 2. The van der Waals surface area contributed by atoms with Crippen LogP contribution in [0, 0.1) is 5.92 Å². The van der Waals surface area contributed by atoms with Crippen LogP contribution in [0.3, 0.4) is 0 Å². The monoisotopic (exact) mass is 388 g/mol. The molecular formula is C22H32N2O4. The number of likely N-dealkylation sites (tertiary alicyclic amines) is 1. The first-order valence-electron chi connectivity index (χ1n) is 10.1. The Kier molecular flexibility index (Phi) is 8.36. The van der Waals surface area contributed by atoms with Crippen molar-refractivity contribution in [1.82, 2.24) is 9.80 Å². The predicted molar refractivity (Wildman–Crippen MR) is 110 cm³/mol. The number of hydrogen-bond acceptors (Lipinski definition) is 4. The van der Waals surface area contributed by atoms with Crippen LogP contribution in [0.4, 0.5) is 0 Å². The average molecular weight is 389 g/mol. The van der Waals surface area contributed by atoms with Crippen molar-refractivity contribution in [3.63, 3.8) is 0 Å². The second-order valence-electron chi connectivity index (χ2n) is 6.79. The Morgan fingerprint density at radius 2 is 1.82 bits per heavy atom. The van der Waals surface area contributed by atoms with E-state index in [2.05, 4.69) is 0 Å². The number of ether oxygens (including phenoxy) is 2. The van der Waals surface area contributed by atoms with E-state index in [1.54, 1.807) is 19.3 Å². The Balaban J connectivity index is 1.94. The highest BCUT2D eigenvalue weighted by Gasteiger charge is 2.28. The summed E-state index contributed by atoms with van der Waals surface area (Å²) in [5.74, 6) is 1.56. The number of amides is 2. The van der Waals surface area contributed by atoms with Gasteiger partial charge in [-0.15, -0.1) is 0 Å². The van der Waals surface area contributed by atoms with Gasteiger partial charge in [-0.1, -0.05) is 6.07 Å². The predicted octanol–water partition coefficient (Wildman–Crippen LogP) is 3.21. The number of hydrogen-bond donors (Lipinski definition) is 0. The van der Waals surface area contributed by atoms with Crippen molar-refractivity contribution >= 4 is 17.9 Å². The Labute approximate surface area is 168 Å². The van der Waals surface area contributed by atoms with Gasteiger partial charge in [0.25, 0.3) is 0 Å². The summed E-state index contributed by atoms with van der Waals surface area (Å²) in [6, 6.07) is 5.58. The summed E-state index contributed by atoms with van der Waals surface area (Å²) in [6.45, 7) is 9.18. The molecule has 1 aliphatic heterocycles. The molecule has 1 saturated heterocycles. The van der Waals surface area contributed by atoms with Crippen molar-refractivity contribution in [2.75, 3.05) is 39.9 Å². The van der Waals surface area contributed by atoms with Crippen molar-refractivity contribution in [1.29, 1.82) is 0 Å². The first kappa shape index (κ1) is 21.8. The van der Waals surface area contributed by atoms with E-state index in [-0.39, 0.29) is 17.7 Å². The molecule has 0 radical (unpaired) electrons. The molecule has 0 N–H and O–H groups in total. The maximum absolute atomic E-state index is 12.5. The van der Waals surface area contributed by atoms with Gasteiger partial charge >= 0.3 is 0 Å². The van der Waals surface area contributed by atoms with E-state index in [0.29, 0.717) is 31.2 Å². The fraction of sp³-hybridized carbons (Fsp3) is 0.545. The molecule has 0 aliphatic carbocycles. The lowest BCUT2D eigenvalue weighted by Crippen LogP contribution is -2.44. The van der Waals surface area contributed by atoms with Gasteiger partial charge < -0.3 is 19.3 Å². The lowest BCUT2D eigenvalue weighted by Gasteiger charge is -2.33. The van der Waals surface area contributed by atoms with E-state index in [9.17, 15) is 9.59 Å². The van der Waals surface area contributed by atoms with Crippen LogP contribution in [0.25, 0.3) is 6.08 Å². The van der Waals surface area contributed by atoms with Crippen molar-refractivity contribution in [3.05, 3.63) is 29.8 Å². The Morgan fingerprint density at radius 3 is 2.39 bits per heavy atom. The summed E-state index contributed by atoms with van der Waals surface area (Å²) in [4.78, 5) is 28.7. The van der Waals surface area contributed by atoms with Crippen LogP contribution < -0.4 is 9.47 Å². The van der Waals surface area contributed by atoms with Gasteiger partial charge in [0.1, 0.15) is 0 Å². The largest absolute Gasteiger partial charge is 0.493 e. The zero-order valence-electron chi connectivity index (χ0n) is 17.4. The number of piperidine rings is 1. The van der Waals surface area contributed by atoms with E-state index >= 15 is 0 Å². The molecule has 0 atom stereocenters. The number of carbonyl (C=O) groups excluding carboxylic acids is 2. The fourth-order valence-electron chi connectivity index (χ4n) is 3.48. The third-order valence-corrected chi connectivity index (χ3v) is 5.14. The van der Waals surface area contributed by atoms with Crippen LogP contribution in [0.1, 0.15) is 39.2 Å². The third kappa shape index (κ3) is 5.50. The third-order valence-electron chi connectivity index (χ3n) is 5.14. The first-order valence-corrected chi connectivity index (χ1v) is 10.1. The normalized spacial score (nSPS) is 14.9. The summed E-state index contributed by atoms with van der Waals surface area (Å²) in [6.07, 6.45) is 4.83. The number of benzene rings is 1. The second kappa shape index (κ2) is 10.7. The molecule has 0 saturated carbocycles. The average Bonchev–Trinajstić information content (AvgIpc) is 2.73. The van der Waals surface area contributed by atoms with Crippen LogP contribution in [-0.2, 0) is 9.59 Å². The zero-order chi connectivity index (χ0) is 20.5. The highest BCUT2D eigenvalue weighted by molar-refractivity contribution is 5.92. The molecule has 6 heteroatoms. The molecule has 6 nitrogen and oxygen atoms in total. The molecule has 1 fully saturated rings. The van der Waals surface area contributed by atoms with Crippen molar-refractivity contribution < 1.29 is 19.1 Å². The van der Waals surface area contributed by atoms with Crippen molar-refractivity contribution in [2.45, 2.75) is 33.6 Å². The minimum atomic E-state index is -0.0254. The molecule has 0 bridgehead atoms. The quantitative estimate of drug-likeness (QED) is 0.642. The van der Waals surface area contributed by atoms with Gasteiger partial charge in [0.15, 0.2) is 11.5 Å². The smallest absolute Gasteiger partial charge is 0.246 e. The standard InChI is InChI=1S/C22H32N2O4/c1-5-23(6-2)22(26)18-12-14-24(15-13-18)21(25)11-9-17-8-10-19(27-4)20(16-17)28-7-3/h8-11,16,18H,5-7,12-15H2,1-4H3/b11-9+. The first-order chi connectivity index (χ1) is 13.5. The molecule has 1 heterocycles. The molecule has 1 aromatic rings. The summed E-state index contributed by atoms with van der Waals surface area (Å²) in [5, 5.41) is 0. The molecule has 154 valence electrons. The van der Waals surface area contributed by atoms with Gasteiger partial charge in [-0.05, 0) is 57.4 Å². The van der Waals surface area contributed by atoms with Crippen molar-refractivity contribution in [3.8, 4) is 11.5 Å². The fourth-order valence-corrected chi connectivity index (χ4v) is 3.48. The van der Waals surface area contributed by atoms with Crippen LogP contribution >= 0.6 is 0 Å². The topological polar surface area (TPSA) is 59.1 Å². The van der Waals surface area contributed by atoms with Crippen LogP contribution in [0.5, 0.6) is 11.5 Å². The van der Waals surface area contributed by atoms with E-state index in [1.807, 2.05) is 48.8 Å². The highest BCUT2D eigenvalue weighted by atomic mass is 16.5. The van der Waals surface area contributed by atoms with Gasteiger partial charge in [0.05, 0.1) is 13.7 Å². The molecular weight excluding hydrogens is 356 g/mol. The van der Waals surface area contributed by atoms with Gasteiger partial charge in [-0.3, -0.25) is 9.59 Å². The Hall–Kier alpha value is -2.50. The van der Waals surface area contributed by atoms with Crippen LogP contribution in [0.2, 0.25) is 0 Å². The number of rotatable bonds is 8. The molecule has 0 spiro atoms. The zero-order valence-corrected chi connectivity index (χ0v) is 17.4. The summed E-state index contributed by atoms with van der Waals surface area (Å²) in [7, 11) is 1.60. The van der Waals surface area contributed by atoms with E-state index in [1.165, 1.54) is 0 Å². The summed E-state index contributed by atoms with van der Waals surface area (Å²) in [5.41, 5.74) is 0.879. The van der Waals surface area contributed by atoms with E-state index < -0.39 is 0 Å². The van der Waals surface area contributed by atoms with Crippen LogP contribution in [0.15, 0.2) is 24.3 Å². The molecule has 2 rings (SSSR count). The van der Waals surface area contributed by atoms with Gasteiger partial charge in [-0.25, -0.2) is 0 Å². The number of methoxy groups -OCH3 is 1. The SMILES string of the molecule is CCOc1cc(/C=C/C(=O)N2CCC(C(=O)N(CC)CC)CC2)ccc1OC. The Bertz CT molecular complexity index is 690. The minimum absolute atomic E-state index is 0.0254. The minimum Gasteiger partial charge on any atom is -0.493 e. The molecule has 0 unspecified atom stereocenters. The highest BCUT2D eigenvalue weighted by Crippen LogP contribution is 2.28. The van der Waals surface area contributed by atoms with Gasteiger partial charge in [0.2, 0.25) is 11.8 Å². The van der Waals surface area contributed by atoms with Gasteiger partial charge in [0, 0.05) is 38.2 Å². The number of carbonyl (C=O) groups is 2. The van der Waals surface area contributed by atoms with Crippen molar-refractivity contribution in [2.24, 2.45) is 5.92 Å². The lowest BCUT2D eigenvalue weighted by atomic mass is 9.95. The maximum Gasteiger partial charge on any atom is 0.246 e. The molecule has 0 aromatic heterocycles. The summed E-state index contributed by atoms with van der Waals surface area (Å²) < 4.78 is 10.9. The molecule has 28 heavy (non-hydrogen) atoms. The summed E-state index contributed by atoms with van der Waals surface area (Å²) >= 11 is 0. The van der Waals surface area contributed by atoms with Crippen LogP contribution in [-0.4, -0.2) is 61.5 Å². The molecule has 1 aromatic carbocycles. The van der Waals surface area contributed by atoms with Gasteiger partial charge in [-0.2, -0.15) is 0 Å². The van der Waals surface area contributed by atoms with E-state index in [0.717, 1.165) is 31.5 Å².